The monoisotopic (exact) mass is 393 g/mol. The lowest BCUT2D eigenvalue weighted by molar-refractivity contribution is -0.132. The molecule has 1 aromatic carbocycles. The maximum atomic E-state index is 12.7. The molecule has 2 aliphatic rings. The zero-order valence-electron chi connectivity index (χ0n) is 16.6. The quantitative estimate of drug-likeness (QED) is 0.708. The molecule has 7 heteroatoms. The smallest absolute Gasteiger partial charge is 0.224 e. The third-order valence-corrected chi connectivity index (χ3v) is 6.62. The van der Waals surface area contributed by atoms with E-state index >= 15 is 0 Å². The second-order valence-corrected chi connectivity index (χ2v) is 8.32. The number of benzene rings is 1. The Bertz CT molecular complexity index is 613. The Labute approximate surface area is 166 Å². The van der Waals surface area contributed by atoms with Gasteiger partial charge in [0.05, 0.1) is 19.8 Å². The molecule has 3 rings (SSSR count). The molecule has 27 heavy (non-hydrogen) atoms. The highest BCUT2D eigenvalue weighted by Gasteiger charge is 2.33. The number of likely N-dealkylation sites (N-methyl/N-ethyl adjacent to an activating group) is 1. The maximum Gasteiger partial charge on any atom is 0.224 e. The largest absolute Gasteiger partial charge is 0.496 e. The van der Waals surface area contributed by atoms with E-state index in [1.165, 1.54) is 0 Å². The Morgan fingerprint density at radius 2 is 1.74 bits per heavy atom. The van der Waals surface area contributed by atoms with Crippen LogP contribution >= 0.6 is 11.8 Å². The summed E-state index contributed by atoms with van der Waals surface area (Å²) in [5.41, 5.74) is 0.972. The van der Waals surface area contributed by atoms with Crippen LogP contribution in [-0.4, -0.2) is 86.9 Å². The van der Waals surface area contributed by atoms with Crippen LogP contribution in [-0.2, 0) is 4.79 Å². The molecule has 1 amide bonds. The lowest BCUT2D eigenvalue weighted by Gasteiger charge is -2.37. The van der Waals surface area contributed by atoms with Crippen LogP contribution in [0.1, 0.15) is 23.8 Å². The van der Waals surface area contributed by atoms with E-state index in [2.05, 4.69) is 16.8 Å². The highest BCUT2D eigenvalue weighted by molar-refractivity contribution is 7.99. The number of nitrogens with zero attached hydrogens (tertiary/aromatic N) is 3. The summed E-state index contributed by atoms with van der Waals surface area (Å²) in [6, 6.07) is 5.81. The van der Waals surface area contributed by atoms with E-state index in [0.29, 0.717) is 6.42 Å². The molecule has 0 radical (unpaired) electrons. The van der Waals surface area contributed by atoms with Gasteiger partial charge in [-0.25, -0.2) is 0 Å². The molecular formula is C20H31N3O3S. The normalized spacial score (nSPS) is 22.1. The second kappa shape index (κ2) is 9.66. The summed E-state index contributed by atoms with van der Waals surface area (Å²) in [5, 5.41) is -0.0511. The van der Waals surface area contributed by atoms with Gasteiger partial charge in [0.15, 0.2) is 0 Å². The molecule has 2 heterocycles. The molecule has 0 bridgehead atoms. The molecule has 0 saturated carbocycles. The van der Waals surface area contributed by atoms with Crippen LogP contribution in [0.4, 0.5) is 0 Å². The summed E-state index contributed by atoms with van der Waals surface area (Å²) in [5.74, 6) is 2.63. The van der Waals surface area contributed by atoms with Gasteiger partial charge in [-0.15, -0.1) is 11.8 Å². The van der Waals surface area contributed by atoms with Crippen LogP contribution in [0.5, 0.6) is 11.5 Å². The molecule has 150 valence electrons. The Kier molecular flexibility index (Phi) is 7.26. The van der Waals surface area contributed by atoms with E-state index in [4.69, 9.17) is 9.47 Å². The van der Waals surface area contributed by atoms with Gasteiger partial charge in [-0.1, -0.05) is 6.07 Å². The average molecular weight is 394 g/mol. The van der Waals surface area contributed by atoms with Crippen molar-refractivity contribution in [3.05, 3.63) is 23.8 Å². The zero-order chi connectivity index (χ0) is 19.2. The molecule has 6 nitrogen and oxygen atoms in total. The predicted molar refractivity (Wildman–Crippen MR) is 110 cm³/mol. The predicted octanol–water partition coefficient (Wildman–Crippen LogP) is 2.31. The highest BCUT2D eigenvalue weighted by atomic mass is 32.2. The second-order valence-electron chi connectivity index (χ2n) is 7.13. The van der Waals surface area contributed by atoms with E-state index in [1.807, 2.05) is 23.1 Å². The molecule has 1 atom stereocenters. The summed E-state index contributed by atoms with van der Waals surface area (Å²) in [4.78, 5) is 19.6. The highest BCUT2D eigenvalue weighted by Crippen LogP contribution is 2.45. The van der Waals surface area contributed by atoms with Crippen molar-refractivity contribution in [2.24, 2.45) is 0 Å². The topological polar surface area (TPSA) is 45.3 Å². The van der Waals surface area contributed by atoms with E-state index in [-0.39, 0.29) is 11.3 Å². The SMILES string of the molecule is COc1cccc(OC)c1C1SCCC(=O)N1CCCN1CCN(C)CC1. The lowest BCUT2D eigenvalue weighted by Crippen LogP contribution is -2.45. The molecule has 2 fully saturated rings. The number of thioether (sulfide) groups is 1. The lowest BCUT2D eigenvalue weighted by atomic mass is 10.1. The Morgan fingerprint density at radius 3 is 2.37 bits per heavy atom. The average Bonchev–Trinajstić information content (AvgIpc) is 2.70. The number of piperazine rings is 1. The number of amides is 1. The van der Waals surface area contributed by atoms with Crippen molar-refractivity contribution >= 4 is 17.7 Å². The molecule has 0 spiro atoms. The Hall–Kier alpha value is -1.44. The fourth-order valence-corrected chi connectivity index (χ4v) is 5.08. The molecule has 0 aliphatic carbocycles. The summed E-state index contributed by atoms with van der Waals surface area (Å²) in [7, 11) is 5.52. The van der Waals surface area contributed by atoms with Crippen molar-refractivity contribution in [2.75, 3.05) is 66.3 Å². The van der Waals surface area contributed by atoms with Crippen molar-refractivity contribution < 1.29 is 14.3 Å². The first-order valence-electron chi connectivity index (χ1n) is 9.67. The van der Waals surface area contributed by atoms with E-state index in [1.54, 1.807) is 26.0 Å². The maximum absolute atomic E-state index is 12.7. The van der Waals surface area contributed by atoms with E-state index in [0.717, 1.165) is 68.5 Å². The number of rotatable bonds is 7. The molecule has 2 aliphatic heterocycles. The molecule has 1 unspecified atom stereocenters. The summed E-state index contributed by atoms with van der Waals surface area (Å²) in [6.45, 7) is 6.28. The number of hydrogen-bond acceptors (Lipinski definition) is 6. The van der Waals surface area contributed by atoms with Crippen molar-refractivity contribution in [3.63, 3.8) is 0 Å². The summed E-state index contributed by atoms with van der Waals surface area (Å²) in [6.07, 6.45) is 1.59. The minimum atomic E-state index is -0.0511. The fourth-order valence-electron chi connectivity index (χ4n) is 3.76. The van der Waals surface area contributed by atoms with Gasteiger partial charge < -0.3 is 24.2 Å². The summed E-state index contributed by atoms with van der Waals surface area (Å²) >= 11 is 1.80. The van der Waals surface area contributed by atoms with Crippen LogP contribution < -0.4 is 9.47 Å². The van der Waals surface area contributed by atoms with E-state index in [9.17, 15) is 4.79 Å². The van der Waals surface area contributed by atoms with Crippen LogP contribution in [0.2, 0.25) is 0 Å². The molecule has 2 saturated heterocycles. The van der Waals surface area contributed by atoms with Crippen molar-refractivity contribution in [2.45, 2.75) is 18.2 Å². The first kappa shape index (κ1) is 20.3. The molecule has 0 aromatic heterocycles. The third kappa shape index (κ3) is 4.89. The van der Waals surface area contributed by atoms with Crippen molar-refractivity contribution in [1.82, 2.24) is 14.7 Å². The first-order valence-corrected chi connectivity index (χ1v) is 10.7. The summed E-state index contributed by atoms with van der Waals surface area (Å²) < 4.78 is 11.2. The minimum absolute atomic E-state index is 0.0511. The van der Waals surface area contributed by atoms with Crippen LogP contribution in [0, 0.1) is 0 Å². The number of ether oxygens (including phenoxy) is 2. The van der Waals surface area contributed by atoms with Crippen LogP contribution in [0.3, 0.4) is 0 Å². The number of methoxy groups -OCH3 is 2. The number of carbonyl (C=O) groups excluding carboxylic acids is 1. The van der Waals surface area contributed by atoms with Crippen LogP contribution in [0.25, 0.3) is 0 Å². The van der Waals surface area contributed by atoms with Gasteiger partial charge in [-0.2, -0.15) is 0 Å². The van der Waals surface area contributed by atoms with Gasteiger partial charge in [0.1, 0.15) is 16.9 Å². The van der Waals surface area contributed by atoms with Gasteiger partial charge >= 0.3 is 0 Å². The Morgan fingerprint density at radius 1 is 1.07 bits per heavy atom. The zero-order valence-corrected chi connectivity index (χ0v) is 17.5. The van der Waals surface area contributed by atoms with Gasteiger partial charge in [0.25, 0.3) is 0 Å². The molecule has 1 aromatic rings. The van der Waals surface area contributed by atoms with Gasteiger partial charge in [-0.3, -0.25) is 4.79 Å². The third-order valence-electron chi connectivity index (χ3n) is 5.38. The van der Waals surface area contributed by atoms with Crippen molar-refractivity contribution in [1.29, 1.82) is 0 Å². The Balaban J connectivity index is 1.70. The van der Waals surface area contributed by atoms with E-state index < -0.39 is 0 Å². The molecule has 0 N–H and O–H groups in total. The van der Waals surface area contributed by atoms with Gasteiger partial charge in [0, 0.05) is 44.9 Å². The first-order chi connectivity index (χ1) is 13.1. The van der Waals surface area contributed by atoms with Gasteiger partial charge in [0.2, 0.25) is 5.91 Å². The molecular weight excluding hydrogens is 362 g/mol. The van der Waals surface area contributed by atoms with Crippen molar-refractivity contribution in [3.8, 4) is 11.5 Å². The number of hydrogen-bond donors (Lipinski definition) is 0. The van der Waals surface area contributed by atoms with Gasteiger partial charge in [-0.05, 0) is 32.1 Å². The van der Waals surface area contributed by atoms with Crippen LogP contribution in [0.15, 0.2) is 18.2 Å². The minimum Gasteiger partial charge on any atom is -0.496 e. The number of carbonyl (C=O) groups is 1. The fraction of sp³-hybridized carbons (Fsp3) is 0.650. The standard InChI is InChI=1S/C20H31N3O3S/c1-21-11-13-22(14-12-21)9-5-10-23-18(24)8-15-27-20(23)19-16(25-2)6-4-7-17(19)26-3/h4,6-7,20H,5,8-15H2,1-3H3.